The van der Waals surface area contributed by atoms with Gasteiger partial charge in [-0.3, -0.25) is 0 Å². The van der Waals surface area contributed by atoms with Crippen molar-refractivity contribution >= 4 is 12.4 Å². The van der Waals surface area contributed by atoms with Crippen LogP contribution in [0.25, 0.3) is 0 Å². The zero-order chi connectivity index (χ0) is 16.4. The van der Waals surface area contributed by atoms with Crippen LogP contribution in [0.5, 0.6) is 5.75 Å². The van der Waals surface area contributed by atoms with Gasteiger partial charge in [-0.15, -0.1) is 12.4 Å². The van der Waals surface area contributed by atoms with Crippen LogP contribution in [0.1, 0.15) is 29.9 Å². The van der Waals surface area contributed by atoms with Gasteiger partial charge < -0.3 is 10.1 Å². The number of halogens is 7. The first-order valence-corrected chi connectivity index (χ1v) is 6.78. The fraction of sp³-hybridized carbons (Fsp3) is 0.571. The van der Waals surface area contributed by atoms with Crippen LogP contribution < -0.4 is 10.1 Å². The lowest BCUT2D eigenvalue weighted by Gasteiger charge is -2.24. The van der Waals surface area contributed by atoms with Gasteiger partial charge in [0.05, 0.1) is 5.56 Å². The molecule has 1 aliphatic heterocycles. The molecule has 1 fully saturated rings. The van der Waals surface area contributed by atoms with Crippen LogP contribution in [-0.2, 0) is 6.18 Å². The number of benzene rings is 1. The summed E-state index contributed by atoms with van der Waals surface area (Å²) in [5, 5.41) is 3.11. The lowest BCUT2D eigenvalue weighted by Crippen LogP contribution is -2.27. The van der Waals surface area contributed by atoms with Gasteiger partial charge in [-0.25, -0.2) is 0 Å². The van der Waals surface area contributed by atoms with Crippen molar-refractivity contribution in [2.24, 2.45) is 0 Å². The Balaban J connectivity index is 0.00000264. The van der Waals surface area contributed by atoms with Gasteiger partial charge in [0.15, 0.2) is 6.61 Å². The third-order valence-corrected chi connectivity index (χ3v) is 3.51. The highest BCUT2D eigenvalue weighted by molar-refractivity contribution is 5.85. The molecule has 0 radical (unpaired) electrons. The van der Waals surface area contributed by atoms with Crippen molar-refractivity contribution in [1.29, 1.82) is 0 Å². The standard InChI is InChI=1S/C14H15F6NO.ClH/c15-13(16,17)8-22-12-2-1-10(7-11(12)14(18,19)20)9-3-5-21-6-4-9;/h1-2,7,9,21H,3-6,8H2;1H. The molecule has 1 saturated heterocycles. The molecule has 0 amide bonds. The molecule has 0 unspecified atom stereocenters. The Labute approximate surface area is 135 Å². The van der Waals surface area contributed by atoms with E-state index in [-0.39, 0.29) is 18.3 Å². The number of rotatable bonds is 3. The third-order valence-electron chi connectivity index (χ3n) is 3.51. The average molecular weight is 364 g/mol. The molecule has 1 aliphatic rings. The average Bonchev–Trinajstić information content (AvgIpc) is 2.44. The van der Waals surface area contributed by atoms with E-state index in [2.05, 4.69) is 10.1 Å². The Morgan fingerprint density at radius 3 is 2.17 bits per heavy atom. The molecule has 1 aromatic carbocycles. The predicted octanol–water partition coefficient (Wildman–Crippen LogP) is 4.54. The first-order chi connectivity index (χ1) is 10.2. The highest BCUT2D eigenvalue weighted by atomic mass is 35.5. The summed E-state index contributed by atoms with van der Waals surface area (Å²) >= 11 is 0. The summed E-state index contributed by atoms with van der Waals surface area (Å²) in [5.74, 6) is -0.818. The van der Waals surface area contributed by atoms with E-state index >= 15 is 0 Å². The van der Waals surface area contributed by atoms with Crippen molar-refractivity contribution < 1.29 is 31.1 Å². The molecule has 1 aromatic rings. The minimum atomic E-state index is -4.76. The van der Waals surface area contributed by atoms with Crippen LogP contribution in [0.3, 0.4) is 0 Å². The second kappa shape index (κ2) is 7.61. The lowest BCUT2D eigenvalue weighted by atomic mass is 9.89. The number of alkyl halides is 6. The van der Waals surface area contributed by atoms with Gasteiger partial charge in [0.2, 0.25) is 0 Å². The van der Waals surface area contributed by atoms with E-state index in [9.17, 15) is 26.3 Å². The van der Waals surface area contributed by atoms with Gasteiger partial charge >= 0.3 is 12.4 Å². The maximum Gasteiger partial charge on any atom is 0.422 e. The maximum absolute atomic E-state index is 13.0. The van der Waals surface area contributed by atoms with Crippen LogP contribution in [0.4, 0.5) is 26.3 Å². The zero-order valence-corrected chi connectivity index (χ0v) is 12.7. The molecule has 0 aromatic heterocycles. The Kier molecular flexibility index (Phi) is 6.59. The molecule has 2 rings (SSSR count). The van der Waals surface area contributed by atoms with Gasteiger partial charge in [0.1, 0.15) is 5.75 Å². The Bertz CT molecular complexity index is 511. The topological polar surface area (TPSA) is 21.3 Å². The number of piperidine rings is 1. The van der Waals surface area contributed by atoms with Gasteiger partial charge in [0.25, 0.3) is 0 Å². The first-order valence-electron chi connectivity index (χ1n) is 6.78. The van der Waals surface area contributed by atoms with Gasteiger partial charge in [0, 0.05) is 0 Å². The van der Waals surface area contributed by atoms with Crippen molar-refractivity contribution in [3.05, 3.63) is 29.3 Å². The molecule has 2 nitrogen and oxygen atoms in total. The van der Waals surface area contributed by atoms with Crippen molar-refractivity contribution in [3.8, 4) is 5.75 Å². The van der Waals surface area contributed by atoms with E-state index in [0.717, 1.165) is 12.1 Å². The number of hydrogen-bond donors (Lipinski definition) is 1. The van der Waals surface area contributed by atoms with Crippen LogP contribution >= 0.6 is 12.4 Å². The van der Waals surface area contributed by atoms with Crippen LogP contribution in [0.15, 0.2) is 18.2 Å². The Morgan fingerprint density at radius 1 is 1.04 bits per heavy atom. The molecule has 23 heavy (non-hydrogen) atoms. The maximum atomic E-state index is 13.0. The third kappa shape index (κ3) is 5.76. The molecule has 9 heteroatoms. The second-order valence-electron chi connectivity index (χ2n) is 5.18. The molecule has 132 valence electrons. The normalized spacial score (nSPS) is 16.8. The quantitative estimate of drug-likeness (QED) is 0.796. The van der Waals surface area contributed by atoms with Crippen LogP contribution in [0, 0.1) is 0 Å². The van der Waals surface area contributed by atoms with Crippen LogP contribution in [0.2, 0.25) is 0 Å². The summed E-state index contributed by atoms with van der Waals surface area (Å²) in [7, 11) is 0. The minimum Gasteiger partial charge on any atom is -0.483 e. The van der Waals surface area contributed by atoms with E-state index in [1.807, 2.05) is 0 Å². The summed E-state index contributed by atoms with van der Waals surface area (Å²) in [4.78, 5) is 0. The van der Waals surface area contributed by atoms with Crippen molar-refractivity contribution in [1.82, 2.24) is 5.32 Å². The summed E-state index contributed by atoms with van der Waals surface area (Å²) in [6.45, 7) is -0.334. The molecular weight excluding hydrogens is 348 g/mol. The minimum absolute atomic E-state index is 0. The molecule has 1 N–H and O–H groups in total. The van der Waals surface area contributed by atoms with Crippen molar-refractivity contribution in [3.63, 3.8) is 0 Å². The smallest absolute Gasteiger partial charge is 0.422 e. The summed E-state index contributed by atoms with van der Waals surface area (Å²) in [6, 6.07) is 3.30. The van der Waals surface area contributed by atoms with Gasteiger partial charge in [-0.2, -0.15) is 26.3 Å². The number of nitrogens with one attached hydrogen (secondary N) is 1. The highest BCUT2D eigenvalue weighted by Crippen LogP contribution is 2.39. The molecule has 1 heterocycles. The number of ether oxygens (including phenoxy) is 1. The van der Waals surface area contributed by atoms with Gasteiger partial charge in [-0.05, 0) is 49.5 Å². The van der Waals surface area contributed by atoms with Gasteiger partial charge in [-0.1, -0.05) is 6.07 Å². The van der Waals surface area contributed by atoms with E-state index in [4.69, 9.17) is 0 Å². The second-order valence-corrected chi connectivity index (χ2v) is 5.18. The molecule has 0 spiro atoms. The number of hydrogen-bond acceptors (Lipinski definition) is 2. The van der Waals surface area contributed by atoms with Crippen LogP contribution in [-0.4, -0.2) is 25.9 Å². The molecule has 0 aliphatic carbocycles. The van der Waals surface area contributed by atoms with E-state index in [1.165, 1.54) is 6.07 Å². The van der Waals surface area contributed by atoms with E-state index in [0.29, 0.717) is 31.5 Å². The molecule has 0 atom stereocenters. The predicted molar refractivity (Wildman–Crippen MR) is 75.1 cm³/mol. The van der Waals surface area contributed by atoms with E-state index < -0.39 is 30.3 Å². The Morgan fingerprint density at radius 2 is 1.65 bits per heavy atom. The fourth-order valence-corrected chi connectivity index (χ4v) is 2.46. The fourth-order valence-electron chi connectivity index (χ4n) is 2.46. The highest BCUT2D eigenvalue weighted by Gasteiger charge is 2.37. The largest absolute Gasteiger partial charge is 0.483 e. The summed E-state index contributed by atoms with van der Waals surface area (Å²) in [5.41, 5.74) is -0.680. The monoisotopic (exact) mass is 363 g/mol. The van der Waals surface area contributed by atoms with E-state index in [1.54, 1.807) is 0 Å². The van der Waals surface area contributed by atoms with Crippen molar-refractivity contribution in [2.75, 3.05) is 19.7 Å². The summed E-state index contributed by atoms with van der Waals surface area (Å²) in [6.07, 6.45) is -8.06. The lowest BCUT2D eigenvalue weighted by molar-refractivity contribution is -0.158. The SMILES string of the molecule is Cl.FC(F)(F)COc1ccc(C2CCNCC2)cc1C(F)(F)F. The van der Waals surface area contributed by atoms with Crippen molar-refractivity contribution in [2.45, 2.75) is 31.1 Å². The molecular formula is C14H16ClF6NO. The molecule has 0 bridgehead atoms. The summed E-state index contributed by atoms with van der Waals surface area (Å²) < 4.78 is 79.8. The molecule has 0 saturated carbocycles. The zero-order valence-electron chi connectivity index (χ0n) is 11.9. The Hall–Kier alpha value is -1.15. The first kappa shape index (κ1) is 19.9.